The minimum atomic E-state index is -3.71. The van der Waals surface area contributed by atoms with Crippen LogP contribution in [0.5, 0.6) is 23.0 Å². The smallest absolute Gasteiger partial charge is 0.244 e. The van der Waals surface area contributed by atoms with E-state index in [2.05, 4.69) is 64.2 Å². The highest BCUT2D eigenvalue weighted by Crippen LogP contribution is 2.55. The van der Waals surface area contributed by atoms with E-state index in [-0.39, 0.29) is 76.1 Å². The van der Waals surface area contributed by atoms with Gasteiger partial charge in [0, 0.05) is 97.9 Å². The van der Waals surface area contributed by atoms with Crippen LogP contribution >= 0.6 is 11.6 Å². The molecule has 9 rings (SSSR count). The summed E-state index contributed by atoms with van der Waals surface area (Å²) < 4.78 is 69.0. The third-order valence-electron chi connectivity index (χ3n) is 16.8. The number of nitrogens with zero attached hydrogens (tertiary/aromatic N) is 4. The zero-order valence-corrected chi connectivity index (χ0v) is 46.4. The fourth-order valence-corrected chi connectivity index (χ4v) is 14.0. The third kappa shape index (κ3) is 12.2. The van der Waals surface area contributed by atoms with Crippen LogP contribution < -0.4 is 34.9 Å². The Balaban J connectivity index is 0.771. The van der Waals surface area contributed by atoms with Gasteiger partial charge in [-0.05, 0) is 81.5 Å². The van der Waals surface area contributed by atoms with E-state index in [0.717, 1.165) is 51.4 Å². The minimum absolute atomic E-state index is 0.0459. The van der Waals surface area contributed by atoms with E-state index in [1.807, 2.05) is 0 Å². The summed E-state index contributed by atoms with van der Waals surface area (Å²) in [5, 5.41) is 20.5. The van der Waals surface area contributed by atoms with Crippen LogP contribution in [0.15, 0.2) is 60.8 Å². The standard InChI is InChI=1S/C57H76ClFN8O8S/c1-7-76(70,71)64-38-27-45(46-35-65(6)52(69)50-44(46)19-22-61-50)51(48(59)28-38)74-42-16-12-15-41(29-42)73-26-25-72-40-20-23-66(24-21-40)55-63-32-37(34-67(55)39-13-10-8-9-11-14-39)49(68)33-62-53-56(2,3)54(57(53,4)5)75-43-18-17-36(31-60)47(58)30-43/h12,15-18,27-30,35,37,39-40,44,50,53-55,61-64H,7-11,13-14,19-26,32-34H2,1-6H3. The quantitative estimate of drug-likeness (QED) is 0.0666. The SMILES string of the molecule is CCS(=O)(=O)Nc1cc(F)c(Oc2cccc(OCCOC3CCN(C4NCC(C(=O)CNC5C(C)(C)C(Oc6ccc(C#N)c(Cl)c6)C5(C)C)CN4C4CCCCCC4)CC3)c2)c(C2=CN(C)C(=O)C3NCCC23)c1. The molecule has 4 unspecified atom stereocenters. The van der Waals surface area contributed by atoms with Crippen molar-refractivity contribution in [2.24, 2.45) is 22.7 Å². The number of benzene rings is 3. The van der Waals surface area contributed by atoms with Gasteiger partial charge in [-0.1, -0.05) is 71.0 Å². The molecule has 4 atom stereocenters. The first-order valence-corrected chi connectivity index (χ1v) is 29.3. The molecule has 2 saturated carbocycles. The third-order valence-corrected chi connectivity index (χ3v) is 18.4. The van der Waals surface area contributed by atoms with Crippen molar-refractivity contribution in [2.45, 2.75) is 129 Å². The van der Waals surface area contributed by atoms with Crippen LogP contribution in [-0.2, 0) is 24.3 Å². The van der Waals surface area contributed by atoms with Crippen molar-refractivity contribution >= 4 is 44.6 Å². The lowest BCUT2D eigenvalue weighted by Gasteiger charge is -2.63. The summed E-state index contributed by atoms with van der Waals surface area (Å²) in [7, 11) is -2.06. The number of halogens is 2. The van der Waals surface area contributed by atoms with Crippen LogP contribution in [0, 0.1) is 39.8 Å². The van der Waals surface area contributed by atoms with E-state index < -0.39 is 21.9 Å². The van der Waals surface area contributed by atoms with Crippen molar-refractivity contribution < 1.29 is 41.3 Å². The lowest BCUT2D eigenvalue weighted by molar-refractivity contribution is -0.169. The van der Waals surface area contributed by atoms with Gasteiger partial charge in [-0.25, -0.2) is 12.8 Å². The summed E-state index contributed by atoms with van der Waals surface area (Å²) >= 11 is 6.33. The maximum atomic E-state index is 16.2. The number of rotatable bonds is 19. The summed E-state index contributed by atoms with van der Waals surface area (Å²) in [5.74, 6) is 0.196. The molecule has 5 fully saturated rings. The van der Waals surface area contributed by atoms with E-state index in [1.165, 1.54) is 37.5 Å². The number of amides is 1. The number of fused-ring (bicyclic) bond motifs is 1. The molecule has 3 saturated heterocycles. The molecule has 76 heavy (non-hydrogen) atoms. The van der Waals surface area contributed by atoms with Crippen molar-refractivity contribution in [1.29, 1.82) is 5.26 Å². The molecule has 1 amide bonds. The van der Waals surface area contributed by atoms with Gasteiger partial charge in [-0.3, -0.25) is 29.4 Å². The summed E-state index contributed by atoms with van der Waals surface area (Å²) in [6.07, 6.45) is 11.2. The molecule has 2 aliphatic carbocycles. The van der Waals surface area contributed by atoms with Crippen LogP contribution in [0.4, 0.5) is 10.1 Å². The Kier molecular flexibility index (Phi) is 17.4. The molecular formula is C57H76ClFN8O8S. The highest BCUT2D eigenvalue weighted by Gasteiger charge is 2.63. The number of piperidine rings is 1. The predicted octanol–water partition coefficient (Wildman–Crippen LogP) is 8.12. The maximum absolute atomic E-state index is 16.2. The topological polar surface area (TPSA) is 187 Å². The number of anilines is 1. The summed E-state index contributed by atoms with van der Waals surface area (Å²) in [6, 6.07) is 16.9. The van der Waals surface area contributed by atoms with Crippen LogP contribution in [0.3, 0.4) is 0 Å². The number of ether oxygens (including phenoxy) is 4. The van der Waals surface area contributed by atoms with Crippen molar-refractivity contribution in [3.05, 3.63) is 82.8 Å². The van der Waals surface area contributed by atoms with Crippen LogP contribution in [-0.4, -0.2) is 137 Å². The Morgan fingerprint density at radius 2 is 1.67 bits per heavy atom. The Labute approximate surface area is 453 Å². The fourth-order valence-electron chi connectivity index (χ4n) is 13.2. The molecule has 4 aliphatic heterocycles. The molecular weight excluding hydrogens is 1010 g/mol. The Morgan fingerprint density at radius 1 is 0.934 bits per heavy atom. The van der Waals surface area contributed by atoms with Gasteiger partial charge in [0.05, 0.1) is 47.3 Å². The Morgan fingerprint density at radius 3 is 2.38 bits per heavy atom. The number of nitrogens with one attached hydrogen (secondary N) is 4. The van der Waals surface area contributed by atoms with Gasteiger partial charge in [-0.15, -0.1) is 0 Å². The molecule has 19 heteroatoms. The zero-order valence-electron chi connectivity index (χ0n) is 44.8. The predicted molar refractivity (Wildman–Crippen MR) is 291 cm³/mol. The monoisotopic (exact) mass is 1090 g/mol. The second-order valence-electron chi connectivity index (χ2n) is 22.7. The van der Waals surface area contributed by atoms with Gasteiger partial charge in [0.2, 0.25) is 15.9 Å². The molecule has 3 aromatic rings. The number of hydrogen-bond acceptors (Lipinski definition) is 14. The average Bonchev–Trinajstić information content (AvgIpc) is 3.89. The minimum Gasteiger partial charge on any atom is -0.491 e. The summed E-state index contributed by atoms with van der Waals surface area (Å²) in [5.41, 5.74) is 0.971. The number of carbonyl (C=O) groups excluding carboxylic acids is 2. The number of nitriles is 1. The Hall–Kier alpha value is -4.84. The molecule has 0 spiro atoms. The van der Waals surface area contributed by atoms with E-state index in [9.17, 15) is 23.3 Å². The number of hydrogen-bond donors (Lipinski definition) is 4. The number of carbonyl (C=O) groups is 2. The summed E-state index contributed by atoms with van der Waals surface area (Å²) in [6.45, 7) is 14.9. The molecule has 0 aromatic heterocycles. The van der Waals surface area contributed by atoms with Crippen LogP contribution in [0.1, 0.15) is 104 Å². The number of sulfonamides is 1. The first-order chi connectivity index (χ1) is 36.4. The number of ketones is 1. The first-order valence-electron chi connectivity index (χ1n) is 27.3. The zero-order chi connectivity index (χ0) is 53.9. The van der Waals surface area contributed by atoms with Gasteiger partial charge in [0.25, 0.3) is 0 Å². The Bertz CT molecular complexity index is 2760. The van der Waals surface area contributed by atoms with Gasteiger partial charge in [-0.2, -0.15) is 5.26 Å². The van der Waals surface area contributed by atoms with E-state index in [4.69, 9.17) is 30.5 Å². The largest absolute Gasteiger partial charge is 0.491 e. The molecule has 6 aliphatic rings. The highest BCUT2D eigenvalue weighted by molar-refractivity contribution is 7.92. The lowest BCUT2D eigenvalue weighted by Crippen LogP contribution is -2.74. The molecule has 0 radical (unpaired) electrons. The maximum Gasteiger partial charge on any atom is 0.244 e. The van der Waals surface area contributed by atoms with Gasteiger partial charge in [0.1, 0.15) is 42.3 Å². The molecule has 0 bridgehead atoms. The lowest BCUT2D eigenvalue weighted by atomic mass is 9.49. The van der Waals surface area contributed by atoms with Gasteiger partial charge >= 0.3 is 0 Å². The number of Topliss-reactive ketones (excluding diaryl/α,β-unsaturated/α-hetero) is 1. The van der Waals surface area contributed by atoms with E-state index in [0.29, 0.717) is 84.3 Å². The molecule has 412 valence electrons. The van der Waals surface area contributed by atoms with E-state index in [1.54, 1.807) is 61.8 Å². The van der Waals surface area contributed by atoms with Crippen LogP contribution in [0.2, 0.25) is 5.02 Å². The van der Waals surface area contributed by atoms with Crippen molar-refractivity contribution in [2.75, 3.05) is 70.0 Å². The molecule has 4 heterocycles. The van der Waals surface area contributed by atoms with Gasteiger partial charge in [0.15, 0.2) is 17.3 Å². The average molecular weight is 1090 g/mol. The fraction of sp³-hybridized carbons (Fsp3) is 0.596. The van der Waals surface area contributed by atoms with Gasteiger partial charge < -0.3 is 34.5 Å². The summed E-state index contributed by atoms with van der Waals surface area (Å²) in [4.78, 5) is 33.8. The van der Waals surface area contributed by atoms with E-state index >= 15 is 4.39 Å². The second-order valence-corrected chi connectivity index (χ2v) is 25.1. The molecule has 4 N–H and O–H groups in total. The number of likely N-dealkylation sites (tertiary alicyclic amines) is 1. The molecule has 16 nitrogen and oxygen atoms in total. The van der Waals surface area contributed by atoms with Crippen LogP contribution in [0.25, 0.3) is 5.57 Å². The second kappa shape index (κ2) is 23.6. The van der Waals surface area contributed by atoms with Crippen molar-refractivity contribution in [3.8, 4) is 29.1 Å². The van der Waals surface area contributed by atoms with Crippen molar-refractivity contribution in [1.82, 2.24) is 30.7 Å². The normalized spacial score (nSPS) is 26.4. The molecule has 3 aromatic carbocycles. The first kappa shape index (κ1) is 55.9. The number of likely N-dealkylation sites (N-methyl/N-ethyl adjacent to an activating group) is 1. The van der Waals surface area contributed by atoms with Crippen molar-refractivity contribution in [3.63, 3.8) is 0 Å². The highest BCUT2D eigenvalue weighted by atomic mass is 35.5.